The molecule has 4 unspecified atom stereocenters. The van der Waals surface area contributed by atoms with Crippen LogP contribution in [0.4, 0.5) is 0 Å². The number of nitrogens with two attached hydrogens (primary N) is 1. The van der Waals surface area contributed by atoms with E-state index in [1.807, 2.05) is 6.07 Å². The second kappa shape index (κ2) is 4.14. The molecule has 4 atom stereocenters. The van der Waals surface area contributed by atoms with Gasteiger partial charge in [0.1, 0.15) is 6.10 Å². The van der Waals surface area contributed by atoms with Crippen LogP contribution in [-0.2, 0) is 5.54 Å². The average molecular weight is 261 g/mol. The molecule has 0 saturated heterocycles. The predicted octanol–water partition coefficient (Wildman–Crippen LogP) is 3.16. The van der Waals surface area contributed by atoms with Crippen LogP contribution < -0.4 is 15.2 Å². The van der Waals surface area contributed by atoms with Gasteiger partial charge in [-0.1, -0.05) is 19.4 Å². The van der Waals surface area contributed by atoms with Gasteiger partial charge in [-0.05, 0) is 37.8 Å². The van der Waals surface area contributed by atoms with Crippen molar-refractivity contribution in [3.05, 3.63) is 23.3 Å². The van der Waals surface area contributed by atoms with Gasteiger partial charge in [0.05, 0.1) is 7.11 Å². The van der Waals surface area contributed by atoms with E-state index in [0.717, 1.165) is 24.3 Å². The van der Waals surface area contributed by atoms with Gasteiger partial charge in [0.25, 0.3) is 0 Å². The van der Waals surface area contributed by atoms with Gasteiger partial charge in [-0.2, -0.15) is 0 Å². The lowest BCUT2D eigenvalue weighted by Crippen LogP contribution is -2.42. The topological polar surface area (TPSA) is 44.5 Å². The van der Waals surface area contributed by atoms with Crippen LogP contribution in [0.2, 0.25) is 0 Å². The van der Waals surface area contributed by atoms with Gasteiger partial charge in [0.2, 0.25) is 0 Å². The van der Waals surface area contributed by atoms with Crippen molar-refractivity contribution < 1.29 is 9.47 Å². The molecule has 0 amide bonds. The maximum absolute atomic E-state index is 6.55. The van der Waals surface area contributed by atoms with Crippen LogP contribution in [0.5, 0.6) is 11.5 Å². The van der Waals surface area contributed by atoms with E-state index in [1.54, 1.807) is 7.11 Å². The monoisotopic (exact) mass is 261 g/mol. The van der Waals surface area contributed by atoms with Gasteiger partial charge in [-0.25, -0.2) is 0 Å². The van der Waals surface area contributed by atoms with Crippen molar-refractivity contribution in [3.63, 3.8) is 0 Å². The van der Waals surface area contributed by atoms with E-state index >= 15 is 0 Å². The summed E-state index contributed by atoms with van der Waals surface area (Å²) >= 11 is 0. The minimum atomic E-state index is -0.263. The zero-order valence-corrected chi connectivity index (χ0v) is 12.2. The molecule has 104 valence electrons. The second-order valence-electron chi connectivity index (χ2n) is 6.20. The Bertz CT molecular complexity index is 510. The van der Waals surface area contributed by atoms with E-state index in [9.17, 15) is 0 Å². The normalized spacial score (nSPS) is 35.7. The van der Waals surface area contributed by atoms with Crippen LogP contribution in [0.3, 0.4) is 0 Å². The molecule has 3 rings (SSSR count). The lowest BCUT2D eigenvalue weighted by Gasteiger charge is -2.40. The summed E-state index contributed by atoms with van der Waals surface area (Å²) in [5.41, 5.74) is 8.83. The maximum Gasteiger partial charge on any atom is 0.165 e. The summed E-state index contributed by atoms with van der Waals surface area (Å²) in [7, 11) is 1.70. The van der Waals surface area contributed by atoms with Crippen LogP contribution in [0, 0.1) is 5.92 Å². The third-order valence-corrected chi connectivity index (χ3v) is 4.86. The highest BCUT2D eigenvalue weighted by molar-refractivity contribution is 5.58. The Hall–Kier alpha value is -1.22. The van der Waals surface area contributed by atoms with Crippen LogP contribution >= 0.6 is 0 Å². The van der Waals surface area contributed by atoms with Crippen LogP contribution in [0.25, 0.3) is 0 Å². The van der Waals surface area contributed by atoms with Crippen molar-refractivity contribution in [1.29, 1.82) is 0 Å². The smallest absolute Gasteiger partial charge is 0.165 e. The van der Waals surface area contributed by atoms with Crippen molar-refractivity contribution >= 4 is 0 Å². The molecule has 0 radical (unpaired) electrons. The Morgan fingerprint density at radius 2 is 2.21 bits per heavy atom. The first-order valence-corrected chi connectivity index (χ1v) is 7.16. The van der Waals surface area contributed by atoms with Gasteiger partial charge < -0.3 is 15.2 Å². The van der Waals surface area contributed by atoms with Crippen LogP contribution in [-0.4, -0.2) is 13.2 Å². The molecule has 0 bridgehead atoms. The molecule has 0 spiro atoms. The Morgan fingerprint density at radius 3 is 2.84 bits per heavy atom. The number of hydrogen-bond acceptors (Lipinski definition) is 3. The molecule has 1 aliphatic carbocycles. The number of methoxy groups -OCH3 is 1. The Kier molecular flexibility index (Phi) is 2.79. The molecule has 2 N–H and O–H groups in total. The van der Waals surface area contributed by atoms with Gasteiger partial charge in [0.15, 0.2) is 11.5 Å². The van der Waals surface area contributed by atoms with Crippen molar-refractivity contribution in [1.82, 2.24) is 0 Å². The third-order valence-electron chi connectivity index (χ3n) is 4.86. The average Bonchev–Trinajstić information content (AvgIpc) is 2.71. The number of hydrogen-bond donors (Lipinski definition) is 1. The van der Waals surface area contributed by atoms with E-state index in [2.05, 4.69) is 26.8 Å². The van der Waals surface area contributed by atoms with Crippen molar-refractivity contribution in [3.8, 4) is 11.5 Å². The fraction of sp³-hybridized carbons (Fsp3) is 0.625. The second-order valence-corrected chi connectivity index (χ2v) is 6.20. The van der Waals surface area contributed by atoms with E-state index in [4.69, 9.17) is 15.2 Å². The molecule has 3 heteroatoms. The molecule has 3 nitrogen and oxygen atoms in total. The summed E-state index contributed by atoms with van der Waals surface area (Å²) < 4.78 is 11.5. The SMILES string of the molecule is CCC1CC(C)(N)c2ccc(OC)c3c2C1C(C)O3. The Labute approximate surface area is 115 Å². The lowest BCUT2D eigenvalue weighted by atomic mass is 9.66. The third kappa shape index (κ3) is 1.68. The molecule has 0 aromatic heterocycles. The van der Waals surface area contributed by atoms with Crippen molar-refractivity contribution in [2.75, 3.05) is 7.11 Å². The molecule has 1 aliphatic heterocycles. The van der Waals surface area contributed by atoms with E-state index < -0.39 is 0 Å². The first-order valence-electron chi connectivity index (χ1n) is 7.16. The number of ether oxygens (including phenoxy) is 2. The minimum Gasteiger partial charge on any atom is -0.493 e. The van der Waals surface area contributed by atoms with Crippen molar-refractivity contribution in [2.45, 2.75) is 51.2 Å². The zero-order chi connectivity index (χ0) is 13.8. The molecule has 1 heterocycles. The first-order chi connectivity index (χ1) is 8.99. The molecular weight excluding hydrogens is 238 g/mol. The minimum absolute atomic E-state index is 0.214. The van der Waals surface area contributed by atoms with Gasteiger partial charge >= 0.3 is 0 Å². The fourth-order valence-corrected chi connectivity index (χ4v) is 3.98. The summed E-state index contributed by atoms with van der Waals surface area (Å²) in [6, 6.07) is 4.11. The number of rotatable bonds is 2. The largest absolute Gasteiger partial charge is 0.493 e. The standard InChI is InChI=1S/C16H23NO2/c1-5-10-8-16(3,17)11-6-7-12(18-4)15-14(11)13(10)9(2)19-15/h6-7,9-10,13H,5,8,17H2,1-4H3. The highest BCUT2D eigenvalue weighted by atomic mass is 16.5. The summed E-state index contributed by atoms with van der Waals surface area (Å²) in [6.07, 6.45) is 2.38. The van der Waals surface area contributed by atoms with Gasteiger partial charge in [-0.3, -0.25) is 0 Å². The highest BCUT2D eigenvalue weighted by Crippen LogP contribution is 2.56. The maximum atomic E-state index is 6.55. The quantitative estimate of drug-likeness (QED) is 0.889. The molecule has 0 fully saturated rings. The predicted molar refractivity (Wildman–Crippen MR) is 75.8 cm³/mol. The molecule has 19 heavy (non-hydrogen) atoms. The van der Waals surface area contributed by atoms with Gasteiger partial charge in [0, 0.05) is 17.0 Å². The molecule has 1 aromatic rings. The molecule has 0 saturated carbocycles. The molecule has 1 aromatic carbocycles. The fourth-order valence-electron chi connectivity index (χ4n) is 3.98. The van der Waals surface area contributed by atoms with E-state index in [1.165, 1.54) is 11.1 Å². The lowest BCUT2D eigenvalue weighted by molar-refractivity contribution is 0.162. The van der Waals surface area contributed by atoms with Crippen molar-refractivity contribution in [2.24, 2.45) is 11.7 Å². The highest BCUT2D eigenvalue weighted by Gasteiger charge is 2.47. The summed E-state index contributed by atoms with van der Waals surface area (Å²) in [4.78, 5) is 0. The van der Waals surface area contributed by atoms with Crippen LogP contribution in [0.1, 0.15) is 50.7 Å². The van der Waals surface area contributed by atoms with E-state index in [0.29, 0.717) is 11.8 Å². The number of benzene rings is 1. The Morgan fingerprint density at radius 1 is 1.47 bits per heavy atom. The van der Waals surface area contributed by atoms with Crippen LogP contribution in [0.15, 0.2) is 12.1 Å². The van der Waals surface area contributed by atoms with Gasteiger partial charge in [-0.15, -0.1) is 0 Å². The molecule has 2 aliphatic rings. The van der Waals surface area contributed by atoms with E-state index in [-0.39, 0.29) is 11.6 Å². The summed E-state index contributed by atoms with van der Waals surface area (Å²) in [6.45, 7) is 6.54. The summed E-state index contributed by atoms with van der Waals surface area (Å²) in [5.74, 6) is 2.81. The Balaban J connectivity index is 2.23. The first kappa shape index (κ1) is 12.8. The zero-order valence-electron chi connectivity index (χ0n) is 12.2. The summed E-state index contributed by atoms with van der Waals surface area (Å²) in [5, 5.41) is 0. The molecular formula is C16H23NO2.